The second-order valence-corrected chi connectivity index (χ2v) is 8.43. The number of aromatic nitrogens is 2. The van der Waals surface area contributed by atoms with Crippen LogP contribution in [-0.2, 0) is 29.4 Å². The summed E-state index contributed by atoms with van der Waals surface area (Å²) in [4.78, 5) is 4.82. The van der Waals surface area contributed by atoms with Crippen LogP contribution in [0.1, 0.15) is 35.2 Å². The molecule has 130 valence electrons. The minimum Gasteiger partial charge on any atom is -0.307 e. The summed E-state index contributed by atoms with van der Waals surface area (Å²) in [6.07, 6.45) is 8.10. The number of hydrogen-bond donors (Lipinski definition) is 1. The van der Waals surface area contributed by atoms with Crippen molar-refractivity contribution in [2.45, 2.75) is 44.0 Å². The van der Waals surface area contributed by atoms with Gasteiger partial charge in [-0.25, -0.2) is 18.1 Å². The average molecular weight is 355 g/mol. The Morgan fingerprint density at radius 1 is 1.12 bits per heavy atom. The van der Waals surface area contributed by atoms with Crippen molar-refractivity contribution >= 4 is 15.7 Å². The van der Waals surface area contributed by atoms with Crippen LogP contribution in [-0.4, -0.2) is 17.8 Å². The van der Waals surface area contributed by atoms with Crippen molar-refractivity contribution in [2.75, 3.05) is 0 Å². The molecule has 4 rings (SSSR count). The van der Waals surface area contributed by atoms with E-state index in [1.165, 1.54) is 12.0 Å². The Labute approximate surface area is 147 Å². The number of rotatable bonds is 4. The Balaban J connectivity index is 1.54. The number of sulfonamides is 1. The Morgan fingerprint density at radius 3 is 2.76 bits per heavy atom. The Kier molecular flexibility index (Phi) is 4.09. The zero-order chi connectivity index (χ0) is 17.4. The summed E-state index contributed by atoms with van der Waals surface area (Å²) in [5.41, 5.74) is 5.09. The third kappa shape index (κ3) is 3.32. The van der Waals surface area contributed by atoms with Crippen molar-refractivity contribution < 1.29 is 8.42 Å². The van der Waals surface area contributed by atoms with Gasteiger partial charge >= 0.3 is 0 Å². The molecule has 1 aromatic carbocycles. The number of nitrogens with zero attached hydrogens (tertiary/aromatic N) is 2. The van der Waals surface area contributed by atoms with E-state index in [0.717, 1.165) is 36.0 Å². The molecule has 25 heavy (non-hydrogen) atoms. The van der Waals surface area contributed by atoms with Gasteiger partial charge in [-0.15, -0.1) is 0 Å². The molecule has 2 aromatic heterocycles. The summed E-state index contributed by atoms with van der Waals surface area (Å²) >= 11 is 0. The fourth-order valence-corrected chi connectivity index (χ4v) is 4.40. The summed E-state index contributed by atoms with van der Waals surface area (Å²) in [5.74, 6) is 0. The van der Waals surface area contributed by atoms with Crippen molar-refractivity contribution in [3.8, 4) is 0 Å². The Bertz CT molecular complexity index is 1040. The van der Waals surface area contributed by atoms with Gasteiger partial charge in [0.1, 0.15) is 5.65 Å². The molecule has 0 aliphatic heterocycles. The summed E-state index contributed by atoms with van der Waals surface area (Å²) in [6, 6.07) is 9.46. The minimum absolute atomic E-state index is 0.181. The first-order valence-corrected chi connectivity index (χ1v) is 10.1. The van der Waals surface area contributed by atoms with Gasteiger partial charge in [-0.1, -0.05) is 6.07 Å². The zero-order valence-corrected chi connectivity index (χ0v) is 15.0. The number of benzene rings is 1. The topological polar surface area (TPSA) is 63.5 Å². The van der Waals surface area contributed by atoms with E-state index in [1.54, 1.807) is 6.07 Å². The molecule has 0 fully saturated rings. The van der Waals surface area contributed by atoms with E-state index in [9.17, 15) is 8.42 Å². The third-order valence-electron chi connectivity index (χ3n) is 4.74. The smallest absolute Gasteiger partial charge is 0.240 e. The molecular formula is C19H21N3O2S. The number of fused-ring (bicyclic) bond motifs is 2. The highest BCUT2D eigenvalue weighted by Crippen LogP contribution is 2.24. The molecule has 0 saturated heterocycles. The van der Waals surface area contributed by atoms with Crippen LogP contribution >= 0.6 is 0 Å². The average Bonchev–Trinajstić information content (AvgIpc) is 3.02. The van der Waals surface area contributed by atoms with Gasteiger partial charge in [0.25, 0.3) is 0 Å². The molecular weight excluding hydrogens is 334 g/mol. The first-order chi connectivity index (χ1) is 12.0. The van der Waals surface area contributed by atoms with Crippen LogP contribution in [0.2, 0.25) is 0 Å². The summed E-state index contributed by atoms with van der Waals surface area (Å²) in [6.45, 7) is 2.19. The normalized spacial score (nSPS) is 14.6. The predicted molar refractivity (Wildman–Crippen MR) is 97.0 cm³/mol. The maximum atomic E-state index is 12.6. The molecule has 0 amide bonds. The molecule has 1 aliphatic rings. The highest BCUT2D eigenvalue weighted by Gasteiger charge is 2.18. The van der Waals surface area contributed by atoms with Crippen LogP contribution in [0.15, 0.2) is 47.6 Å². The molecule has 5 nitrogen and oxygen atoms in total. The second-order valence-electron chi connectivity index (χ2n) is 6.66. The molecule has 2 heterocycles. The first-order valence-electron chi connectivity index (χ1n) is 8.57. The molecule has 0 bridgehead atoms. The van der Waals surface area contributed by atoms with Crippen molar-refractivity contribution in [1.82, 2.24) is 14.1 Å². The lowest BCUT2D eigenvalue weighted by molar-refractivity contribution is 0.580. The van der Waals surface area contributed by atoms with Crippen molar-refractivity contribution in [3.05, 3.63) is 65.1 Å². The summed E-state index contributed by atoms with van der Waals surface area (Å²) in [7, 11) is -3.54. The van der Waals surface area contributed by atoms with Gasteiger partial charge in [0.2, 0.25) is 10.0 Å². The number of hydrogen-bond acceptors (Lipinski definition) is 3. The quantitative estimate of drug-likeness (QED) is 0.782. The van der Waals surface area contributed by atoms with E-state index >= 15 is 0 Å². The van der Waals surface area contributed by atoms with Crippen molar-refractivity contribution in [1.29, 1.82) is 0 Å². The van der Waals surface area contributed by atoms with Gasteiger partial charge in [0.15, 0.2) is 0 Å². The monoisotopic (exact) mass is 355 g/mol. The molecule has 0 atom stereocenters. The highest BCUT2D eigenvalue weighted by atomic mass is 32.2. The largest absolute Gasteiger partial charge is 0.307 e. The number of pyridine rings is 1. The molecule has 0 saturated carbocycles. The van der Waals surface area contributed by atoms with Gasteiger partial charge < -0.3 is 4.40 Å². The maximum Gasteiger partial charge on any atom is 0.240 e. The summed E-state index contributed by atoms with van der Waals surface area (Å²) in [5, 5.41) is 0. The molecule has 1 N–H and O–H groups in total. The lowest BCUT2D eigenvalue weighted by Crippen LogP contribution is -2.23. The summed E-state index contributed by atoms with van der Waals surface area (Å²) < 4.78 is 29.8. The van der Waals surface area contributed by atoms with Crippen LogP contribution in [0.25, 0.3) is 5.65 Å². The van der Waals surface area contributed by atoms with Gasteiger partial charge in [0, 0.05) is 12.4 Å². The van der Waals surface area contributed by atoms with E-state index in [2.05, 4.69) is 9.71 Å². The number of imidazole rings is 1. The highest BCUT2D eigenvalue weighted by molar-refractivity contribution is 7.89. The van der Waals surface area contributed by atoms with Crippen LogP contribution in [0.3, 0.4) is 0 Å². The molecule has 0 spiro atoms. The van der Waals surface area contributed by atoms with Crippen LogP contribution in [0.4, 0.5) is 0 Å². The molecule has 3 aromatic rings. The fraction of sp³-hybridized carbons (Fsp3) is 0.316. The zero-order valence-electron chi connectivity index (χ0n) is 14.2. The molecule has 0 radical (unpaired) electrons. The van der Waals surface area contributed by atoms with Crippen molar-refractivity contribution in [3.63, 3.8) is 0 Å². The first kappa shape index (κ1) is 16.3. The molecule has 6 heteroatoms. The van der Waals surface area contributed by atoms with E-state index in [0.29, 0.717) is 10.6 Å². The van der Waals surface area contributed by atoms with Gasteiger partial charge in [-0.3, -0.25) is 0 Å². The lowest BCUT2D eigenvalue weighted by atomic mass is 9.92. The van der Waals surface area contributed by atoms with E-state index < -0.39 is 10.0 Å². The maximum absolute atomic E-state index is 12.6. The second kappa shape index (κ2) is 6.28. The third-order valence-corrected chi connectivity index (χ3v) is 6.14. The van der Waals surface area contributed by atoms with E-state index in [1.807, 2.05) is 48.0 Å². The van der Waals surface area contributed by atoms with Crippen LogP contribution < -0.4 is 4.72 Å². The Morgan fingerprint density at radius 2 is 1.92 bits per heavy atom. The standard InChI is InChI=1S/C19H21N3O2S/c1-14-8-9-22-13-17(21-19(22)10-14)12-20-25(23,24)18-7-6-15-4-2-3-5-16(15)11-18/h6-11,13,20H,2-5,12H2,1H3. The fourth-order valence-electron chi connectivity index (χ4n) is 3.35. The van der Waals surface area contributed by atoms with Crippen LogP contribution in [0, 0.1) is 6.92 Å². The van der Waals surface area contributed by atoms with E-state index in [4.69, 9.17) is 0 Å². The van der Waals surface area contributed by atoms with Gasteiger partial charge in [-0.2, -0.15) is 0 Å². The van der Waals surface area contributed by atoms with Gasteiger partial charge in [0.05, 0.1) is 17.1 Å². The van der Waals surface area contributed by atoms with Crippen LogP contribution in [0.5, 0.6) is 0 Å². The molecule has 1 aliphatic carbocycles. The lowest BCUT2D eigenvalue weighted by Gasteiger charge is -2.16. The van der Waals surface area contributed by atoms with Crippen molar-refractivity contribution in [2.24, 2.45) is 0 Å². The van der Waals surface area contributed by atoms with E-state index in [-0.39, 0.29) is 6.54 Å². The number of nitrogens with one attached hydrogen (secondary N) is 1. The predicted octanol–water partition coefficient (Wildman–Crippen LogP) is 3.00. The number of aryl methyl sites for hydroxylation is 3. The molecule has 0 unspecified atom stereocenters. The van der Waals surface area contributed by atoms with Gasteiger partial charge in [-0.05, 0) is 73.6 Å². The minimum atomic E-state index is -3.54. The Hall–Kier alpha value is -2.18. The SMILES string of the molecule is Cc1ccn2cc(CNS(=O)(=O)c3ccc4c(c3)CCCC4)nc2c1.